The fraction of sp³-hybridized carbons (Fsp3) is 0.396. The largest absolute Gasteiger partial charge is 0.372 e. The van der Waals surface area contributed by atoms with E-state index in [9.17, 15) is 14.4 Å². The van der Waals surface area contributed by atoms with Gasteiger partial charge in [-0.05, 0) is 111 Å². The monoisotopic (exact) mass is 852 g/mol. The summed E-state index contributed by atoms with van der Waals surface area (Å²) in [5.41, 5.74) is 7.15. The van der Waals surface area contributed by atoms with Gasteiger partial charge in [0.1, 0.15) is 5.82 Å². The van der Waals surface area contributed by atoms with E-state index in [2.05, 4.69) is 82.2 Å². The number of halogens is 1. The van der Waals surface area contributed by atoms with Gasteiger partial charge in [-0.25, -0.2) is 14.2 Å². The maximum atomic E-state index is 15.4. The van der Waals surface area contributed by atoms with Crippen molar-refractivity contribution in [2.45, 2.75) is 77.2 Å². The summed E-state index contributed by atoms with van der Waals surface area (Å²) >= 11 is 0. The number of amides is 4. The second kappa shape index (κ2) is 17.7. The molecule has 0 saturated carbocycles. The molecule has 0 unspecified atom stereocenters. The van der Waals surface area contributed by atoms with Gasteiger partial charge in [-0.15, -0.1) is 0 Å². The summed E-state index contributed by atoms with van der Waals surface area (Å²) in [5.74, 6) is 0.268. The molecule has 0 spiro atoms. The quantitative estimate of drug-likeness (QED) is 0.116. The molecule has 3 aliphatic rings. The van der Waals surface area contributed by atoms with Crippen molar-refractivity contribution in [2.24, 2.45) is 5.92 Å². The van der Waals surface area contributed by atoms with Gasteiger partial charge in [-0.1, -0.05) is 62.3 Å². The summed E-state index contributed by atoms with van der Waals surface area (Å²) in [4.78, 5) is 51.9. The number of imide groups is 1. The lowest BCUT2D eigenvalue weighted by atomic mass is 9.88. The minimum absolute atomic E-state index is 0.0428. The van der Waals surface area contributed by atoms with E-state index in [1.54, 1.807) is 17.0 Å². The SMILES string of the molecule is CC(C)(C)c1noc(C(=O)NCc2ccc(-c3[nH]nc4ncc(-c5ccc(C6CCN(CCC7CCN(c8ccc(N9CCC(=O)NC9=O)cc8)CC7)CC6)cc5)cc34)cc2F)n1. The summed E-state index contributed by atoms with van der Waals surface area (Å²) in [7, 11) is 0. The number of anilines is 2. The number of piperidine rings is 2. The highest BCUT2D eigenvalue weighted by Gasteiger charge is 2.27. The van der Waals surface area contributed by atoms with Crippen LogP contribution in [0.2, 0.25) is 0 Å². The summed E-state index contributed by atoms with van der Waals surface area (Å²) < 4.78 is 20.5. The number of nitrogens with zero attached hydrogens (tertiary/aromatic N) is 7. The Morgan fingerprint density at radius 2 is 1.60 bits per heavy atom. The predicted molar refractivity (Wildman–Crippen MR) is 239 cm³/mol. The van der Waals surface area contributed by atoms with Crippen LogP contribution >= 0.6 is 0 Å². The van der Waals surface area contributed by atoms with E-state index in [1.807, 2.05) is 45.2 Å². The maximum Gasteiger partial charge on any atom is 0.328 e. The number of rotatable bonds is 11. The number of hydrogen-bond acceptors (Lipinski definition) is 10. The van der Waals surface area contributed by atoms with E-state index in [-0.39, 0.29) is 29.8 Å². The Morgan fingerprint density at radius 3 is 2.30 bits per heavy atom. The van der Waals surface area contributed by atoms with Crippen molar-refractivity contribution >= 4 is 40.3 Å². The molecule has 0 bridgehead atoms. The second-order valence-corrected chi connectivity index (χ2v) is 18.1. The van der Waals surface area contributed by atoms with Gasteiger partial charge in [0.05, 0.1) is 5.69 Å². The molecule has 9 rings (SSSR count). The van der Waals surface area contributed by atoms with Crippen LogP contribution in [0.1, 0.15) is 92.9 Å². The molecule has 3 N–H and O–H groups in total. The van der Waals surface area contributed by atoms with Gasteiger partial charge in [-0.3, -0.25) is 24.9 Å². The summed E-state index contributed by atoms with van der Waals surface area (Å²) in [5, 5.41) is 17.2. The van der Waals surface area contributed by atoms with Crippen LogP contribution in [0.3, 0.4) is 0 Å². The molecule has 6 heterocycles. The number of benzene rings is 3. The molecule has 3 aliphatic heterocycles. The molecule has 3 aromatic heterocycles. The van der Waals surface area contributed by atoms with Crippen molar-refractivity contribution in [1.82, 2.24) is 40.9 Å². The van der Waals surface area contributed by atoms with Crippen LogP contribution in [0.4, 0.5) is 20.6 Å². The first-order valence-electron chi connectivity index (χ1n) is 22.0. The van der Waals surface area contributed by atoms with E-state index in [0.29, 0.717) is 47.2 Å². The van der Waals surface area contributed by atoms with Crippen LogP contribution in [-0.2, 0) is 16.8 Å². The van der Waals surface area contributed by atoms with Crippen LogP contribution in [-0.4, -0.2) is 87.3 Å². The lowest BCUT2D eigenvalue weighted by molar-refractivity contribution is -0.120. The Labute approximate surface area is 365 Å². The van der Waals surface area contributed by atoms with Gasteiger partial charge in [0, 0.05) is 77.7 Å². The van der Waals surface area contributed by atoms with Crippen molar-refractivity contribution in [1.29, 1.82) is 0 Å². The minimum atomic E-state index is -0.566. The average molecular weight is 853 g/mol. The van der Waals surface area contributed by atoms with Gasteiger partial charge in [0.25, 0.3) is 0 Å². The first-order valence-corrected chi connectivity index (χ1v) is 22.0. The molecule has 63 heavy (non-hydrogen) atoms. The highest BCUT2D eigenvalue weighted by atomic mass is 19.1. The Bertz CT molecular complexity index is 2600. The smallest absolute Gasteiger partial charge is 0.328 e. The third-order valence-corrected chi connectivity index (χ3v) is 12.8. The second-order valence-electron chi connectivity index (χ2n) is 18.1. The molecule has 0 atom stereocenters. The van der Waals surface area contributed by atoms with Crippen molar-refractivity contribution in [3.8, 4) is 22.4 Å². The topological polar surface area (TPSA) is 165 Å². The van der Waals surface area contributed by atoms with Crippen molar-refractivity contribution in [3.63, 3.8) is 0 Å². The van der Waals surface area contributed by atoms with Crippen LogP contribution in [0.15, 0.2) is 83.5 Å². The zero-order valence-corrected chi connectivity index (χ0v) is 36.0. The van der Waals surface area contributed by atoms with Crippen molar-refractivity contribution < 1.29 is 23.3 Å². The van der Waals surface area contributed by atoms with E-state index in [0.717, 1.165) is 73.7 Å². The number of nitrogens with one attached hydrogen (secondary N) is 3. The van der Waals surface area contributed by atoms with Crippen LogP contribution in [0, 0.1) is 11.7 Å². The van der Waals surface area contributed by atoms with Gasteiger partial charge in [0.2, 0.25) is 5.91 Å². The Balaban J connectivity index is 0.741. The van der Waals surface area contributed by atoms with Crippen molar-refractivity contribution in [3.05, 3.63) is 108 Å². The van der Waals surface area contributed by atoms with E-state index < -0.39 is 11.7 Å². The number of urea groups is 1. The normalized spacial score (nSPS) is 17.1. The summed E-state index contributed by atoms with van der Waals surface area (Å²) in [6.45, 7) is 11.6. The standard InChI is InChI=1S/C48H53FN10O4/c1-48(2,3)46-53-45(63-56-46)44(61)51-28-35-9-8-34(27-40(35)49)42-39-26-36(29-50-43(39)55-54-42)32-6-4-31(5-7-32)33-17-21-57(22-18-33)20-14-30-15-23-58(24-16-30)37-10-12-38(13-11-37)59-25-19-41(60)52-47(59)62/h4-13,26-27,29-30,33H,14-25,28H2,1-3H3,(H,51,61)(H,50,54,55)(H,52,60,62). The van der Waals surface area contributed by atoms with Gasteiger partial charge >= 0.3 is 17.8 Å². The Morgan fingerprint density at radius 1 is 0.873 bits per heavy atom. The van der Waals surface area contributed by atoms with E-state index >= 15 is 4.39 Å². The average Bonchev–Trinajstić information content (AvgIpc) is 3.98. The fourth-order valence-corrected chi connectivity index (χ4v) is 8.93. The number of hydrogen-bond donors (Lipinski definition) is 3. The number of H-pyrrole nitrogens is 1. The Hall–Kier alpha value is -6.48. The van der Waals surface area contributed by atoms with Crippen molar-refractivity contribution in [2.75, 3.05) is 49.1 Å². The molecule has 326 valence electrons. The number of carbonyl (C=O) groups is 3. The third-order valence-electron chi connectivity index (χ3n) is 12.8. The molecule has 3 aromatic carbocycles. The van der Waals surface area contributed by atoms with Gasteiger partial charge < -0.3 is 19.6 Å². The molecular weight excluding hydrogens is 800 g/mol. The van der Waals surface area contributed by atoms with E-state index in [1.165, 1.54) is 36.6 Å². The maximum absolute atomic E-state index is 15.4. The molecule has 14 nitrogen and oxygen atoms in total. The molecule has 0 radical (unpaired) electrons. The molecule has 15 heteroatoms. The van der Waals surface area contributed by atoms with Gasteiger partial charge in [-0.2, -0.15) is 10.1 Å². The number of carbonyl (C=O) groups excluding carboxylic acids is 3. The van der Waals surface area contributed by atoms with E-state index in [4.69, 9.17) is 4.52 Å². The lowest BCUT2D eigenvalue weighted by Gasteiger charge is -2.36. The minimum Gasteiger partial charge on any atom is -0.372 e. The summed E-state index contributed by atoms with van der Waals surface area (Å²) in [6.07, 6.45) is 8.04. The zero-order chi connectivity index (χ0) is 43.7. The number of fused-ring (bicyclic) bond motifs is 1. The first-order chi connectivity index (χ1) is 30.4. The molecule has 6 aromatic rings. The third kappa shape index (κ3) is 9.34. The molecule has 3 saturated heterocycles. The molecule has 4 amide bonds. The number of pyridine rings is 1. The number of likely N-dealkylation sites (tertiary alicyclic amines) is 1. The predicted octanol–water partition coefficient (Wildman–Crippen LogP) is 7.97. The number of aromatic nitrogens is 5. The fourth-order valence-electron chi connectivity index (χ4n) is 8.93. The number of aromatic amines is 1. The zero-order valence-electron chi connectivity index (χ0n) is 36.0. The van der Waals surface area contributed by atoms with Crippen LogP contribution in [0.25, 0.3) is 33.4 Å². The molecular formula is C48H53FN10O4. The lowest BCUT2D eigenvalue weighted by Crippen LogP contribution is -2.49. The highest BCUT2D eigenvalue weighted by molar-refractivity contribution is 6.05. The first kappa shape index (κ1) is 41.9. The molecule has 0 aliphatic carbocycles. The highest BCUT2D eigenvalue weighted by Crippen LogP contribution is 2.34. The molecule has 3 fully saturated rings. The van der Waals surface area contributed by atoms with Crippen LogP contribution < -0.4 is 20.4 Å². The van der Waals surface area contributed by atoms with Crippen LogP contribution in [0.5, 0.6) is 0 Å². The Kier molecular flexibility index (Phi) is 11.8. The van der Waals surface area contributed by atoms with Gasteiger partial charge in [0.15, 0.2) is 11.5 Å². The summed E-state index contributed by atoms with van der Waals surface area (Å²) in [6, 6.07) is 23.5.